The van der Waals surface area contributed by atoms with E-state index in [2.05, 4.69) is 0 Å². The van der Waals surface area contributed by atoms with Crippen molar-refractivity contribution >= 4 is 5.91 Å². The Hall–Kier alpha value is -3.39. The lowest BCUT2D eigenvalue weighted by Crippen LogP contribution is -3.13. The average molecular weight is 413 g/mol. The van der Waals surface area contributed by atoms with Gasteiger partial charge in [0.15, 0.2) is 11.5 Å². The van der Waals surface area contributed by atoms with Gasteiger partial charge in [-0.25, -0.2) is 4.39 Å². The average Bonchev–Trinajstić information content (AvgIpc) is 3.28. The molecular weight excluding hydrogens is 391 g/mol. The molecule has 30 heavy (non-hydrogen) atoms. The largest absolute Gasteiger partial charge is 0.482 e. The van der Waals surface area contributed by atoms with Crippen molar-refractivity contribution < 1.29 is 27.7 Å². The van der Waals surface area contributed by atoms with E-state index in [-0.39, 0.29) is 29.5 Å². The van der Waals surface area contributed by atoms with Crippen molar-refractivity contribution in [1.82, 2.24) is 4.90 Å². The summed E-state index contributed by atoms with van der Waals surface area (Å²) in [6, 6.07) is 10.8. The molecule has 0 spiro atoms. The van der Waals surface area contributed by atoms with Gasteiger partial charge in [-0.2, -0.15) is 0 Å². The van der Waals surface area contributed by atoms with Gasteiger partial charge in [-0.1, -0.05) is 12.1 Å². The highest BCUT2D eigenvalue weighted by atomic mass is 19.1. The summed E-state index contributed by atoms with van der Waals surface area (Å²) in [7, 11) is 0. The van der Waals surface area contributed by atoms with E-state index in [0.29, 0.717) is 36.7 Å². The van der Waals surface area contributed by atoms with E-state index < -0.39 is 0 Å². The van der Waals surface area contributed by atoms with Crippen molar-refractivity contribution in [1.29, 1.82) is 0 Å². The number of hydrogen-bond donors (Lipinski definition) is 1. The maximum atomic E-state index is 13.2. The number of quaternary nitrogens is 1. The molecule has 0 atom stereocenters. The smallest absolute Gasteiger partial charge is 0.289 e. The maximum absolute atomic E-state index is 13.2. The first-order valence-electron chi connectivity index (χ1n) is 9.74. The molecule has 1 aromatic carbocycles. The van der Waals surface area contributed by atoms with E-state index in [4.69, 9.17) is 13.6 Å². The number of halogens is 1. The van der Waals surface area contributed by atoms with Gasteiger partial charge in [0, 0.05) is 6.07 Å². The highest BCUT2D eigenvalue weighted by Crippen LogP contribution is 2.10. The summed E-state index contributed by atoms with van der Waals surface area (Å²) in [6.07, 6.45) is 2.79. The molecule has 7 nitrogen and oxygen atoms in total. The highest BCUT2D eigenvalue weighted by Gasteiger charge is 2.26. The van der Waals surface area contributed by atoms with Crippen LogP contribution in [0.5, 0.6) is 5.75 Å². The number of benzene rings is 1. The molecule has 156 valence electrons. The van der Waals surface area contributed by atoms with Gasteiger partial charge in [-0.15, -0.1) is 0 Å². The second-order valence-electron chi connectivity index (χ2n) is 7.19. The number of furan rings is 1. The lowest BCUT2D eigenvalue weighted by molar-refractivity contribution is -0.918. The van der Waals surface area contributed by atoms with Crippen LogP contribution in [-0.2, 0) is 13.2 Å². The second kappa shape index (κ2) is 8.96. The number of piperazine rings is 1. The number of carbonyl (C=O) groups excluding carboxylic acids is 1. The van der Waals surface area contributed by atoms with Crippen LogP contribution >= 0.6 is 0 Å². The Kier molecular flexibility index (Phi) is 5.94. The predicted octanol–water partition coefficient (Wildman–Crippen LogP) is 1.49. The minimum atomic E-state index is -0.354. The summed E-state index contributed by atoms with van der Waals surface area (Å²) in [6.45, 7) is 3.32. The van der Waals surface area contributed by atoms with Gasteiger partial charge in [0.2, 0.25) is 11.2 Å². The number of carbonyl (C=O) groups is 1. The zero-order chi connectivity index (χ0) is 20.9. The van der Waals surface area contributed by atoms with Gasteiger partial charge < -0.3 is 23.4 Å². The molecule has 3 heterocycles. The predicted molar refractivity (Wildman–Crippen MR) is 105 cm³/mol. The first kappa shape index (κ1) is 19.9. The molecule has 0 aliphatic carbocycles. The lowest BCUT2D eigenvalue weighted by Gasteiger charge is -2.31. The molecule has 1 amide bonds. The minimum absolute atomic E-state index is 0.0821. The van der Waals surface area contributed by atoms with Crippen LogP contribution < -0.4 is 15.1 Å². The molecule has 3 aromatic rings. The Morgan fingerprint density at radius 3 is 2.67 bits per heavy atom. The molecule has 0 radical (unpaired) electrons. The molecular formula is C22H22FN2O5+. The van der Waals surface area contributed by atoms with Crippen molar-refractivity contribution in [2.75, 3.05) is 26.2 Å². The molecule has 1 saturated heterocycles. The Labute approximate surface area is 172 Å². The third-order valence-electron chi connectivity index (χ3n) is 5.05. The van der Waals surface area contributed by atoms with Crippen LogP contribution in [0.3, 0.4) is 0 Å². The van der Waals surface area contributed by atoms with Crippen LogP contribution in [0.1, 0.15) is 21.9 Å². The molecule has 2 aromatic heterocycles. The molecule has 0 saturated carbocycles. The van der Waals surface area contributed by atoms with E-state index >= 15 is 0 Å². The maximum Gasteiger partial charge on any atom is 0.289 e. The van der Waals surface area contributed by atoms with E-state index in [1.165, 1.54) is 35.6 Å². The summed E-state index contributed by atoms with van der Waals surface area (Å²) in [4.78, 5) is 27.6. The van der Waals surface area contributed by atoms with E-state index in [1.807, 2.05) is 0 Å². The summed E-state index contributed by atoms with van der Waals surface area (Å²) in [5.74, 6) is 0.530. The van der Waals surface area contributed by atoms with E-state index in [9.17, 15) is 14.0 Å². The standard InChI is InChI=1S/C22H21FN2O5/c23-17-4-1-3-16(11-17)14-30-21-15-29-18(12-19(21)26)13-24-6-8-25(9-7-24)22(27)20-5-2-10-28-20/h1-5,10-12,15H,6-9,13-14H2/p+1. The van der Waals surface area contributed by atoms with Crippen molar-refractivity contribution in [2.24, 2.45) is 0 Å². The lowest BCUT2D eigenvalue weighted by atomic mass is 10.2. The summed E-state index contributed by atoms with van der Waals surface area (Å²) < 4.78 is 29.4. The Morgan fingerprint density at radius 1 is 1.13 bits per heavy atom. The van der Waals surface area contributed by atoms with Gasteiger partial charge in [0.25, 0.3) is 5.91 Å². The number of amides is 1. The number of ether oxygens (including phenoxy) is 1. The van der Waals surface area contributed by atoms with Gasteiger partial charge >= 0.3 is 0 Å². The van der Waals surface area contributed by atoms with Crippen LogP contribution in [0.15, 0.2) is 68.6 Å². The topological polar surface area (TPSA) is 77.3 Å². The van der Waals surface area contributed by atoms with Gasteiger partial charge in [0.1, 0.15) is 25.2 Å². The molecule has 0 bridgehead atoms. The summed E-state index contributed by atoms with van der Waals surface area (Å²) >= 11 is 0. The van der Waals surface area contributed by atoms with Crippen molar-refractivity contribution in [3.05, 3.63) is 88.1 Å². The molecule has 1 N–H and O–H groups in total. The zero-order valence-electron chi connectivity index (χ0n) is 16.3. The van der Waals surface area contributed by atoms with Crippen LogP contribution in [0.25, 0.3) is 0 Å². The molecule has 0 unspecified atom stereocenters. The Bertz CT molecular complexity index is 1060. The van der Waals surface area contributed by atoms with Gasteiger partial charge in [-0.05, 0) is 29.8 Å². The number of hydrogen-bond acceptors (Lipinski definition) is 5. The minimum Gasteiger partial charge on any atom is -0.482 e. The number of nitrogens with zero attached hydrogens (tertiary/aromatic N) is 1. The molecule has 1 fully saturated rings. The fourth-order valence-electron chi connectivity index (χ4n) is 3.43. The van der Waals surface area contributed by atoms with Crippen molar-refractivity contribution in [3.8, 4) is 5.75 Å². The SMILES string of the molecule is O=C(c1ccco1)N1CC[NH+](Cc2cc(=O)c(OCc3cccc(F)c3)co2)CC1. The molecule has 8 heteroatoms. The van der Waals surface area contributed by atoms with Gasteiger partial charge in [0.05, 0.1) is 32.4 Å². The Morgan fingerprint density at radius 2 is 1.97 bits per heavy atom. The summed E-state index contributed by atoms with van der Waals surface area (Å²) in [5, 5.41) is 0. The monoisotopic (exact) mass is 413 g/mol. The number of nitrogens with one attached hydrogen (secondary N) is 1. The van der Waals surface area contributed by atoms with E-state index in [0.717, 1.165) is 13.1 Å². The van der Waals surface area contributed by atoms with Crippen molar-refractivity contribution in [3.63, 3.8) is 0 Å². The third-order valence-corrected chi connectivity index (χ3v) is 5.05. The zero-order valence-corrected chi connectivity index (χ0v) is 16.3. The summed E-state index contributed by atoms with van der Waals surface area (Å²) in [5.41, 5.74) is 0.351. The van der Waals surface area contributed by atoms with Crippen LogP contribution in [0, 0.1) is 5.82 Å². The molecule has 1 aliphatic heterocycles. The number of rotatable bonds is 6. The van der Waals surface area contributed by atoms with Crippen LogP contribution in [0.2, 0.25) is 0 Å². The fraction of sp³-hybridized carbons (Fsp3) is 0.273. The first-order valence-corrected chi connectivity index (χ1v) is 9.74. The molecule has 4 rings (SSSR count). The normalized spacial score (nSPS) is 14.6. The third kappa shape index (κ3) is 4.77. The van der Waals surface area contributed by atoms with Crippen molar-refractivity contribution in [2.45, 2.75) is 13.2 Å². The Balaban J connectivity index is 1.30. The van der Waals surface area contributed by atoms with Crippen LogP contribution in [0.4, 0.5) is 4.39 Å². The van der Waals surface area contributed by atoms with E-state index in [1.54, 1.807) is 29.2 Å². The fourth-order valence-corrected chi connectivity index (χ4v) is 3.43. The van der Waals surface area contributed by atoms with Gasteiger partial charge in [-0.3, -0.25) is 9.59 Å². The first-order chi connectivity index (χ1) is 14.6. The highest BCUT2D eigenvalue weighted by molar-refractivity contribution is 5.91. The quantitative estimate of drug-likeness (QED) is 0.663. The van der Waals surface area contributed by atoms with Crippen LogP contribution in [-0.4, -0.2) is 37.0 Å². The molecule has 1 aliphatic rings. The second-order valence-corrected chi connectivity index (χ2v) is 7.19.